The summed E-state index contributed by atoms with van der Waals surface area (Å²) < 4.78 is 0. The molecule has 0 bridgehead atoms. The monoisotopic (exact) mass is 853 g/mol. The Labute approximate surface area is 374 Å². The summed E-state index contributed by atoms with van der Waals surface area (Å²) in [6.07, 6.45) is 31.6. The number of amides is 1. The molecule has 0 spiro atoms. The largest absolute Gasteiger partial charge is 0.481 e. The van der Waals surface area contributed by atoms with E-state index in [4.69, 9.17) is 0 Å². The smallest absolute Gasteiger partial charge is 0.307 e. The van der Waals surface area contributed by atoms with E-state index in [0.717, 1.165) is 112 Å². The zero-order valence-electron chi connectivity index (χ0n) is 38.2. The van der Waals surface area contributed by atoms with Gasteiger partial charge >= 0.3 is 5.97 Å². The van der Waals surface area contributed by atoms with Gasteiger partial charge < -0.3 is 25.5 Å². The highest BCUT2D eigenvalue weighted by Crippen LogP contribution is 2.66. The Morgan fingerprint density at radius 1 is 0.492 bits per heavy atom. The number of nitrogens with zero attached hydrogens (tertiary/aromatic N) is 1. The van der Waals surface area contributed by atoms with Crippen molar-refractivity contribution < 1.29 is 24.9 Å². The van der Waals surface area contributed by atoms with Crippen LogP contribution in [0.5, 0.6) is 0 Å². The standard InChI is InChI=1S/C26H43NO2.C20H32O3.C6H13N.2CH4/c1-25(29)13-11-19-18(17-25)7-8-21-20(19)12-14-26(2)22(21)9-10-23(26)24(28)27-15-5-3-4-6-16-27;1-19(23)9-7-13-12(11-19)3-4-15-14(13)8-10-20(2)16(15)5-6-17(20)18(21)22;1-2-4-6-7-5-3-1;;/h18-23,29H,3-17H2,1-2H3;12-17,23H,3-11H2,1-2H3,(H,21,22);7H,1-6H2;2*1H4/t18-,19+,20-,21-,22+,23-,25-,26+;12-,13+,14-,15-,16+,17-,19-,20+;;;/m11.../s1. The lowest BCUT2D eigenvalue weighted by Crippen LogP contribution is -2.52. The number of likely N-dealkylation sites (tertiary alicyclic amines) is 1. The fourth-order valence-corrected chi connectivity index (χ4v) is 17.5. The second-order valence-electron chi connectivity index (χ2n) is 23.9. The van der Waals surface area contributed by atoms with E-state index in [9.17, 15) is 24.9 Å². The molecular formula is C54H96N2O5. The van der Waals surface area contributed by atoms with E-state index in [0.29, 0.717) is 17.7 Å². The lowest BCUT2D eigenvalue weighted by molar-refractivity contribution is -0.150. The van der Waals surface area contributed by atoms with Crippen LogP contribution in [0, 0.1) is 81.8 Å². The summed E-state index contributed by atoms with van der Waals surface area (Å²) in [5.41, 5.74) is -0.578. The Kier molecular flexibility index (Phi) is 16.3. The van der Waals surface area contributed by atoms with Crippen LogP contribution in [0.2, 0.25) is 0 Å². The van der Waals surface area contributed by atoms with Gasteiger partial charge in [0.2, 0.25) is 5.91 Å². The fraction of sp³-hybridized carbons (Fsp3) is 0.963. The highest BCUT2D eigenvalue weighted by molar-refractivity contribution is 5.80. The molecule has 7 heteroatoms. The molecule has 0 aromatic heterocycles. The third kappa shape index (κ3) is 10.1. The number of aliphatic hydroxyl groups is 2. The molecule has 2 saturated heterocycles. The van der Waals surface area contributed by atoms with Gasteiger partial charge in [-0.05, 0) is 238 Å². The van der Waals surface area contributed by atoms with Crippen LogP contribution in [-0.2, 0) is 9.59 Å². The SMILES string of the molecule is C.C.C1CCCNCC1.C[C@@]1(O)CC[C@H]2[C@H](CC[C@@H]3[C@@H]2CC[C@]2(C)[C@@H](C(=O)N4CCCCCC4)CC[C@@H]32)C1.C[C@@]1(O)CC[C@H]2[C@H](CC[C@@H]3[C@@H]2CC[C@]2(C)[C@@H](C(=O)O)CC[C@@H]32)C1. The number of hydrogen-bond acceptors (Lipinski definition) is 5. The third-order valence-electron chi connectivity index (χ3n) is 20.4. The second-order valence-corrected chi connectivity index (χ2v) is 23.9. The van der Waals surface area contributed by atoms with Crippen molar-refractivity contribution >= 4 is 11.9 Å². The Bertz CT molecular complexity index is 1420. The zero-order chi connectivity index (χ0) is 41.6. The minimum Gasteiger partial charge on any atom is -0.481 e. The Hall–Kier alpha value is -1.18. The van der Waals surface area contributed by atoms with E-state index < -0.39 is 17.2 Å². The predicted molar refractivity (Wildman–Crippen MR) is 250 cm³/mol. The van der Waals surface area contributed by atoms with Gasteiger partial charge in [0.15, 0.2) is 0 Å². The summed E-state index contributed by atoms with van der Waals surface area (Å²) in [7, 11) is 0. The molecule has 0 unspecified atom stereocenters. The van der Waals surface area contributed by atoms with Crippen LogP contribution in [0.15, 0.2) is 0 Å². The number of carbonyl (C=O) groups excluding carboxylic acids is 1. The van der Waals surface area contributed by atoms with Crippen molar-refractivity contribution in [2.75, 3.05) is 26.2 Å². The van der Waals surface area contributed by atoms with Gasteiger partial charge in [-0.25, -0.2) is 0 Å². The summed E-state index contributed by atoms with van der Waals surface area (Å²) >= 11 is 0. The molecule has 7 nitrogen and oxygen atoms in total. The number of aliphatic carboxylic acids is 1. The van der Waals surface area contributed by atoms with Gasteiger partial charge in [0.25, 0.3) is 0 Å². The molecule has 4 N–H and O–H groups in total. The molecule has 352 valence electrons. The van der Waals surface area contributed by atoms with Crippen LogP contribution in [0.4, 0.5) is 0 Å². The van der Waals surface area contributed by atoms with Crippen molar-refractivity contribution in [3.63, 3.8) is 0 Å². The topological polar surface area (TPSA) is 110 Å². The summed E-state index contributed by atoms with van der Waals surface area (Å²) in [4.78, 5) is 27.5. The molecule has 0 aromatic rings. The van der Waals surface area contributed by atoms with Gasteiger partial charge in [-0.1, -0.05) is 54.4 Å². The van der Waals surface area contributed by atoms with E-state index in [2.05, 4.69) is 31.0 Å². The summed E-state index contributed by atoms with van der Waals surface area (Å²) in [6, 6.07) is 0. The number of hydrogen-bond donors (Lipinski definition) is 4. The lowest BCUT2D eigenvalue weighted by atomic mass is 9.49. The van der Waals surface area contributed by atoms with Crippen molar-refractivity contribution in [1.29, 1.82) is 0 Å². The molecule has 1 amide bonds. The fourth-order valence-electron chi connectivity index (χ4n) is 17.5. The zero-order valence-corrected chi connectivity index (χ0v) is 38.2. The van der Waals surface area contributed by atoms with Crippen molar-refractivity contribution in [2.45, 2.75) is 221 Å². The quantitative estimate of drug-likeness (QED) is 0.220. The van der Waals surface area contributed by atoms with E-state index in [1.165, 1.54) is 129 Å². The van der Waals surface area contributed by atoms with Crippen LogP contribution >= 0.6 is 0 Å². The number of nitrogens with one attached hydrogen (secondary N) is 1. The van der Waals surface area contributed by atoms with Crippen LogP contribution in [-0.4, -0.2) is 69.5 Å². The van der Waals surface area contributed by atoms with Crippen molar-refractivity contribution in [3.8, 4) is 0 Å². The van der Waals surface area contributed by atoms with E-state index in [-0.39, 0.29) is 37.5 Å². The molecule has 2 aliphatic heterocycles. The molecule has 10 fully saturated rings. The molecule has 61 heavy (non-hydrogen) atoms. The Balaban J connectivity index is 0.000000174. The van der Waals surface area contributed by atoms with Gasteiger partial charge in [-0.15, -0.1) is 0 Å². The minimum absolute atomic E-state index is 0. The molecule has 8 aliphatic carbocycles. The van der Waals surface area contributed by atoms with Crippen molar-refractivity contribution in [2.24, 2.45) is 81.8 Å². The van der Waals surface area contributed by atoms with Gasteiger partial charge in [0, 0.05) is 19.0 Å². The lowest BCUT2D eigenvalue weighted by Gasteiger charge is -2.57. The summed E-state index contributed by atoms with van der Waals surface area (Å²) in [6.45, 7) is 13.4. The Morgan fingerprint density at radius 3 is 1.39 bits per heavy atom. The van der Waals surface area contributed by atoms with Gasteiger partial charge in [-0.2, -0.15) is 0 Å². The maximum absolute atomic E-state index is 13.6. The highest BCUT2D eigenvalue weighted by atomic mass is 16.4. The molecule has 0 radical (unpaired) electrons. The predicted octanol–water partition coefficient (Wildman–Crippen LogP) is 11.9. The number of carbonyl (C=O) groups is 2. The van der Waals surface area contributed by atoms with Gasteiger partial charge in [-0.3, -0.25) is 9.59 Å². The normalized spacial score (nSPS) is 47.6. The van der Waals surface area contributed by atoms with Crippen LogP contribution in [0.3, 0.4) is 0 Å². The molecule has 8 saturated carbocycles. The number of carboxylic acid groups (broad SMARTS) is 1. The first kappa shape index (κ1) is 49.3. The van der Waals surface area contributed by atoms with E-state index in [1.54, 1.807) is 0 Å². The number of fused-ring (bicyclic) bond motifs is 10. The molecular weight excluding hydrogens is 757 g/mol. The highest BCUT2D eigenvalue weighted by Gasteiger charge is 2.61. The van der Waals surface area contributed by atoms with Crippen molar-refractivity contribution in [1.82, 2.24) is 10.2 Å². The molecule has 16 atom stereocenters. The number of rotatable bonds is 2. The first-order valence-electron chi connectivity index (χ1n) is 25.9. The van der Waals surface area contributed by atoms with E-state index >= 15 is 0 Å². The van der Waals surface area contributed by atoms with Crippen molar-refractivity contribution in [3.05, 3.63) is 0 Å². The first-order valence-corrected chi connectivity index (χ1v) is 25.9. The average Bonchev–Trinajstić information content (AvgIpc) is 3.42. The maximum Gasteiger partial charge on any atom is 0.307 e. The minimum atomic E-state index is -0.559. The molecule has 10 rings (SSSR count). The van der Waals surface area contributed by atoms with Gasteiger partial charge in [0.1, 0.15) is 0 Å². The average molecular weight is 853 g/mol. The van der Waals surface area contributed by atoms with Crippen LogP contribution in [0.25, 0.3) is 0 Å². The second kappa shape index (κ2) is 20.1. The third-order valence-corrected chi connectivity index (χ3v) is 20.4. The van der Waals surface area contributed by atoms with E-state index in [1.807, 2.05) is 6.92 Å². The maximum atomic E-state index is 13.6. The van der Waals surface area contributed by atoms with Crippen LogP contribution < -0.4 is 5.32 Å². The van der Waals surface area contributed by atoms with Gasteiger partial charge in [0.05, 0.1) is 17.1 Å². The van der Waals surface area contributed by atoms with Crippen LogP contribution in [0.1, 0.15) is 209 Å². The Morgan fingerprint density at radius 2 is 0.918 bits per heavy atom. The summed E-state index contributed by atoms with van der Waals surface area (Å²) in [5.74, 6) is 7.90. The molecule has 10 aliphatic rings. The molecule has 2 heterocycles. The first-order chi connectivity index (χ1) is 28.2. The summed E-state index contributed by atoms with van der Waals surface area (Å²) in [5, 5.41) is 34.0. The number of carboxylic acids is 1. The molecule has 0 aromatic carbocycles.